The molecule has 0 saturated heterocycles. The molecule has 2 aromatic rings. The molecule has 200 valence electrons. The molecule has 2 rings (SSSR count). The van der Waals surface area contributed by atoms with Gasteiger partial charge in [0.15, 0.2) is 17.3 Å². The maximum absolute atomic E-state index is 15.2. The van der Waals surface area contributed by atoms with Gasteiger partial charge in [-0.1, -0.05) is 38.8 Å². The maximum Gasteiger partial charge on any atom is 0.341 e. The highest BCUT2D eigenvalue weighted by Crippen LogP contribution is 2.42. The Morgan fingerprint density at radius 1 is 1.19 bits per heavy atom. The lowest BCUT2D eigenvalue weighted by Gasteiger charge is -2.23. The van der Waals surface area contributed by atoms with Crippen LogP contribution in [0.25, 0.3) is 11.3 Å². The number of halogens is 1. The van der Waals surface area contributed by atoms with Crippen molar-refractivity contribution in [2.75, 3.05) is 27.4 Å². The molecule has 1 atom stereocenters. The Labute approximate surface area is 213 Å². The van der Waals surface area contributed by atoms with Crippen LogP contribution in [0.5, 0.6) is 11.5 Å². The summed E-state index contributed by atoms with van der Waals surface area (Å²) in [6.07, 6.45) is 6.22. The standard InChI is InChI=1S/C26H34FNO6.C2H6/c1-6-9-17(12-16(3)7-2)18-13-22(34-11-8-10-32-4)21(33-5)14-19(18)24-23(27)25(29)20(15-28-24)26(30)31;1-2/h7,13-15,17H,6,8-12H2,1-5H3,(H,28,29)(H,30,31);1-2H3/t17-;/m0./s1. The highest BCUT2D eigenvalue weighted by atomic mass is 19.1. The molecule has 7 nitrogen and oxygen atoms in total. The van der Waals surface area contributed by atoms with Gasteiger partial charge in [0.1, 0.15) is 5.56 Å². The summed E-state index contributed by atoms with van der Waals surface area (Å²) in [5.41, 5.74) is 0.523. The molecule has 0 aliphatic carbocycles. The number of pyridine rings is 1. The molecule has 2 N–H and O–H groups in total. The summed E-state index contributed by atoms with van der Waals surface area (Å²) in [5, 5.41) is 9.19. The molecule has 1 aromatic heterocycles. The normalized spacial score (nSPS) is 11.9. The van der Waals surface area contributed by atoms with E-state index in [9.17, 15) is 14.7 Å². The van der Waals surface area contributed by atoms with E-state index in [1.165, 1.54) is 12.7 Å². The van der Waals surface area contributed by atoms with Crippen LogP contribution in [-0.4, -0.2) is 43.5 Å². The molecule has 1 heterocycles. The zero-order chi connectivity index (χ0) is 27.3. The largest absolute Gasteiger partial charge is 0.493 e. The van der Waals surface area contributed by atoms with Gasteiger partial charge in [-0.2, -0.15) is 0 Å². The van der Waals surface area contributed by atoms with E-state index >= 15 is 4.39 Å². The van der Waals surface area contributed by atoms with E-state index in [0.29, 0.717) is 36.7 Å². The van der Waals surface area contributed by atoms with Crippen LogP contribution in [0, 0.1) is 5.82 Å². The second kappa shape index (κ2) is 15.8. The number of carbonyl (C=O) groups is 1. The number of allylic oxidation sites excluding steroid dienone is 2. The van der Waals surface area contributed by atoms with E-state index in [1.807, 2.05) is 39.8 Å². The van der Waals surface area contributed by atoms with E-state index < -0.39 is 22.8 Å². The molecular formula is C28H40FNO6. The van der Waals surface area contributed by atoms with Gasteiger partial charge in [-0.05, 0) is 50.3 Å². The second-order valence-electron chi connectivity index (χ2n) is 8.14. The molecule has 1 aromatic carbocycles. The number of hydrogen-bond donors (Lipinski definition) is 2. The van der Waals surface area contributed by atoms with Crippen molar-refractivity contribution in [2.24, 2.45) is 0 Å². The summed E-state index contributed by atoms with van der Waals surface area (Å²) in [7, 11) is 3.11. The van der Waals surface area contributed by atoms with Crippen molar-refractivity contribution in [3.63, 3.8) is 0 Å². The van der Waals surface area contributed by atoms with Crippen molar-refractivity contribution >= 4 is 5.97 Å². The minimum atomic E-state index is -1.49. The number of H-pyrrole nitrogens is 1. The Morgan fingerprint density at radius 3 is 2.44 bits per heavy atom. The lowest BCUT2D eigenvalue weighted by molar-refractivity contribution is 0.0694. The van der Waals surface area contributed by atoms with Crippen LogP contribution in [0.4, 0.5) is 4.39 Å². The number of rotatable bonds is 13. The van der Waals surface area contributed by atoms with Crippen LogP contribution in [0.15, 0.2) is 34.8 Å². The number of carboxylic acid groups (broad SMARTS) is 1. The number of methoxy groups -OCH3 is 2. The summed E-state index contributed by atoms with van der Waals surface area (Å²) in [6, 6.07) is 3.48. The van der Waals surface area contributed by atoms with Crippen LogP contribution in [0.2, 0.25) is 0 Å². The fourth-order valence-corrected chi connectivity index (χ4v) is 3.87. The van der Waals surface area contributed by atoms with Gasteiger partial charge >= 0.3 is 5.97 Å². The van der Waals surface area contributed by atoms with Gasteiger partial charge in [-0.15, -0.1) is 0 Å². The average molecular weight is 506 g/mol. The van der Waals surface area contributed by atoms with Crippen LogP contribution in [-0.2, 0) is 4.74 Å². The van der Waals surface area contributed by atoms with E-state index in [2.05, 4.69) is 11.9 Å². The number of hydrogen-bond acceptors (Lipinski definition) is 5. The Kier molecular flexibility index (Phi) is 13.5. The third-order valence-corrected chi connectivity index (χ3v) is 5.75. The summed E-state index contributed by atoms with van der Waals surface area (Å²) in [5.74, 6) is -1.71. The fourth-order valence-electron chi connectivity index (χ4n) is 3.87. The summed E-state index contributed by atoms with van der Waals surface area (Å²) < 4.78 is 31.7. The van der Waals surface area contributed by atoms with Gasteiger partial charge in [0, 0.05) is 31.9 Å². The molecule has 0 spiro atoms. The number of carboxylic acids is 1. The number of aromatic carboxylic acids is 1. The lowest BCUT2D eigenvalue weighted by Crippen LogP contribution is -2.20. The van der Waals surface area contributed by atoms with Gasteiger partial charge in [0.2, 0.25) is 5.43 Å². The third kappa shape index (κ3) is 7.95. The zero-order valence-electron chi connectivity index (χ0n) is 22.5. The smallest absolute Gasteiger partial charge is 0.341 e. The molecule has 0 saturated carbocycles. The predicted octanol–water partition coefficient (Wildman–Crippen LogP) is 6.57. The van der Waals surface area contributed by atoms with E-state index in [1.54, 1.807) is 13.2 Å². The molecule has 0 unspecified atom stereocenters. The Morgan fingerprint density at radius 2 is 1.89 bits per heavy atom. The molecule has 0 aliphatic rings. The molecule has 0 radical (unpaired) electrons. The van der Waals surface area contributed by atoms with Gasteiger partial charge in [0.05, 0.1) is 19.4 Å². The minimum Gasteiger partial charge on any atom is -0.493 e. The molecule has 0 aliphatic heterocycles. The van der Waals surface area contributed by atoms with E-state index in [-0.39, 0.29) is 11.6 Å². The first-order chi connectivity index (χ1) is 17.3. The summed E-state index contributed by atoms with van der Waals surface area (Å²) in [6.45, 7) is 11.0. The summed E-state index contributed by atoms with van der Waals surface area (Å²) in [4.78, 5) is 26.4. The van der Waals surface area contributed by atoms with Crippen molar-refractivity contribution in [1.29, 1.82) is 0 Å². The van der Waals surface area contributed by atoms with Crippen LogP contribution in [0.1, 0.15) is 82.1 Å². The quantitative estimate of drug-likeness (QED) is 0.236. The van der Waals surface area contributed by atoms with Crippen molar-refractivity contribution in [1.82, 2.24) is 4.98 Å². The van der Waals surface area contributed by atoms with Gasteiger partial charge in [0.25, 0.3) is 0 Å². The predicted molar refractivity (Wildman–Crippen MR) is 141 cm³/mol. The number of benzene rings is 1. The average Bonchev–Trinajstić information content (AvgIpc) is 2.88. The lowest BCUT2D eigenvalue weighted by atomic mass is 9.84. The van der Waals surface area contributed by atoms with Crippen LogP contribution < -0.4 is 14.9 Å². The van der Waals surface area contributed by atoms with Gasteiger partial charge in [-0.3, -0.25) is 4.79 Å². The first-order valence-corrected chi connectivity index (χ1v) is 12.4. The highest BCUT2D eigenvalue weighted by Gasteiger charge is 2.25. The second-order valence-corrected chi connectivity index (χ2v) is 8.14. The first kappa shape index (κ1) is 30.9. The van der Waals surface area contributed by atoms with Crippen LogP contribution >= 0.6 is 0 Å². The Bertz CT molecular complexity index is 1080. The Hall–Kier alpha value is -3.13. The topological polar surface area (TPSA) is 97.8 Å². The van der Waals surface area contributed by atoms with Crippen molar-refractivity contribution in [3.05, 3.63) is 57.1 Å². The SMILES string of the molecule is CC.CC=C(C)C[C@H](CCC)c1cc(OCCCOC)c(OC)cc1-c1[nH]cc(C(=O)O)c(=O)c1F. The molecule has 0 amide bonds. The number of nitrogens with one attached hydrogen (secondary N) is 1. The molecule has 0 bridgehead atoms. The summed E-state index contributed by atoms with van der Waals surface area (Å²) >= 11 is 0. The molecule has 8 heteroatoms. The highest BCUT2D eigenvalue weighted by molar-refractivity contribution is 5.87. The van der Waals surface area contributed by atoms with E-state index in [0.717, 1.165) is 31.0 Å². The fraction of sp³-hybridized carbons (Fsp3) is 0.500. The number of ether oxygens (including phenoxy) is 3. The van der Waals surface area contributed by atoms with Crippen molar-refractivity contribution in [3.8, 4) is 22.8 Å². The van der Waals surface area contributed by atoms with Gasteiger partial charge < -0.3 is 24.3 Å². The first-order valence-electron chi connectivity index (χ1n) is 12.4. The number of aromatic nitrogens is 1. The third-order valence-electron chi connectivity index (χ3n) is 5.75. The molecule has 0 fully saturated rings. The number of aromatic amines is 1. The molecule has 36 heavy (non-hydrogen) atoms. The Balaban J connectivity index is 0.00000316. The monoisotopic (exact) mass is 505 g/mol. The maximum atomic E-state index is 15.2. The van der Waals surface area contributed by atoms with Gasteiger partial charge in [-0.25, -0.2) is 9.18 Å². The van der Waals surface area contributed by atoms with Crippen molar-refractivity contribution in [2.45, 2.75) is 66.2 Å². The zero-order valence-corrected chi connectivity index (χ0v) is 22.5. The van der Waals surface area contributed by atoms with Crippen molar-refractivity contribution < 1.29 is 28.5 Å². The molecular weight excluding hydrogens is 465 g/mol. The minimum absolute atomic E-state index is 0.0190. The van der Waals surface area contributed by atoms with Crippen LogP contribution in [0.3, 0.4) is 0 Å². The van der Waals surface area contributed by atoms with E-state index in [4.69, 9.17) is 14.2 Å².